The minimum absolute atomic E-state index is 0.0173. The van der Waals surface area contributed by atoms with Crippen molar-refractivity contribution in [1.29, 1.82) is 0 Å². The standard InChI is InChI=1S/C9H12BrFN2/c1-2-6(12)5-8-7(11)3-4-9(10)13-8/h3-4,6H,2,5,12H2,1H3. The Morgan fingerprint density at radius 3 is 2.92 bits per heavy atom. The molecule has 0 saturated carbocycles. The zero-order valence-corrected chi connectivity index (χ0v) is 9.01. The van der Waals surface area contributed by atoms with Gasteiger partial charge in [0, 0.05) is 12.5 Å². The van der Waals surface area contributed by atoms with Gasteiger partial charge in [0.15, 0.2) is 0 Å². The van der Waals surface area contributed by atoms with Gasteiger partial charge in [-0.1, -0.05) is 6.92 Å². The first-order chi connectivity index (χ1) is 6.13. The minimum Gasteiger partial charge on any atom is -0.327 e. The Labute approximate surface area is 85.5 Å². The molecular formula is C9H12BrFN2. The van der Waals surface area contributed by atoms with E-state index in [0.29, 0.717) is 16.7 Å². The van der Waals surface area contributed by atoms with E-state index >= 15 is 0 Å². The van der Waals surface area contributed by atoms with Crippen molar-refractivity contribution >= 4 is 15.9 Å². The molecule has 0 bridgehead atoms. The molecule has 1 atom stereocenters. The van der Waals surface area contributed by atoms with Crippen LogP contribution in [0.4, 0.5) is 4.39 Å². The highest BCUT2D eigenvalue weighted by Crippen LogP contribution is 2.12. The molecule has 4 heteroatoms. The second kappa shape index (κ2) is 4.67. The molecule has 1 heterocycles. The maximum atomic E-state index is 13.1. The summed E-state index contributed by atoms with van der Waals surface area (Å²) in [4.78, 5) is 4.02. The number of nitrogens with two attached hydrogens (primary N) is 1. The quantitative estimate of drug-likeness (QED) is 0.832. The molecule has 0 fully saturated rings. The van der Waals surface area contributed by atoms with Crippen molar-refractivity contribution in [1.82, 2.24) is 4.98 Å². The summed E-state index contributed by atoms with van der Waals surface area (Å²) in [6.45, 7) is 1.97. The highest BCUT2D eigenvalue weighted by Gasteiger charge is 2.08. The zero-order chi connectivity index (χ0) is 9.84. The van der Waals surface area contributed by atoms with Crippen LogP contribution in [0.5, 0.6) is 0 Å². The van der Waals surface area contributed by atoms with Gasteiger partial charge >= 0.3 is 0 Å². The van der Waals surface area contributed by atoms with Crippen molar-refractivity contribution < 1.29 is 4.39 Å². The SMILES string of the molecule is CCC(N)Cc1nc(Br)ccc1F. The van der Waals surface area contributed by atoms with Crippen LogP contribution in [-0.2, 0) is 6.42 Å². The largest absolute Gasteiger partial charge is 0.327 e. The molecule has 1 aromatic heterocycles. The lowest BCUT2D eigenvalue weighted by Gasteiger charge is -2.08. The molecule has 1 rings (SSSR count). The van der Waals surface area contributed by atoms with Gasteiger partial charge < -0.3 is 5.73 Å². The van der Waals surface area contributed by atoms with Gasteiger partial charge in [-0.05, 0) is 34.5 Å². The Kier molecular flexibility index (Phi) is 3.81. The summed E-state index contributed by atoms with van der Waals surface area (Å²) in [5.74, 6) is -0.285. The molecule has 0 aliphatic rings. The molecule has 0 aromatic carbocycles. The van der Waals surface area contributed by atoms with E-state index < -0.39 is 0 Å². The Balaban J connectivity index is 2.81. The van der Waals surface area contributed by atoms with E-state index in [0.717, 1.165) is 6.42 Å². The molecule has 2 nitrogen and oxygen atoms in total. The van der Waals surface area contributed by atoms with E-state index in [1.165, 1.54) is 6.07 Å². The van der Waals surface area contributed by atoms with E-state index in [-0.39, 0.29) is 11.9 Å². The van der Waals surface area contributed by atoms with Crippen LogP contribution in [0.1, 0.15) is 19.0 Å². The number of nitrogens with zero attached hydrogens (tertiary/aromatic N) is 1. The highest BCUT2D eigenvalue weighted by molar-refractivity contribution is 9.10. The van der Waals surface area contributed by atoms with E-state index in [1.54, 1.807) is 6.07 Å². The molecule has 1 unspecified atom stereocenters. The van der Waals surface area contributed by atoms with Crippen molar-refractivity contribution in [2.24, 2.45) is 5.73 Å². The van der Waals surface area contributed by atoms with Crippen molar-refractivity contribution in [3.05, 3.63) is 28.2 Å². The van der Waals surface area contributed by atoms with Crippen LogP contribution in [0.25, 0.3) is 0 Å². The first-order valence-electron chi connectivity index (χ1n) is 4.20. The average molecular weight is 247 g/mol. The van der Waals surface area contributed by atoms with Crippen molar-refractivity contribution in [2.75, 3.05) is 0 Å². The average Bonchev–Trinajstić information content (AvgIpc) is 2.11. The monoisotopic (exact) mass is 246 g/mol. The second-order valence-electron chi connectivity index (χ2n) is 2.93. The summed E-state index contributed by atoms with van der Waals surface area (Å²) in [6, 6.07) is 2.96. The Morgan fingerprint density at radius 1 is 1.62 bits per heavy atom. The Morgan fingerprint density at radius 2 is 2.31 bits per heavy atom. The normalized spacial score (nSPS) is 12.9. The minimum atomic E-state index is -0.285. The van der Waals surface area contributed by atoms with Crippen LogP contribution in [0.15, 0.2) is 16.7 Å². The summed E-state index contributed by atoms with van der Waals surface area (Å²) in [5.41, 5.74) is 6.14. The lowest BCUT2D eigenvalue weighted by Crippen LogP contribution is -2.22. The van der Waals surface area contributed by atoms with Gasteiger partial charge in [0.2, 0.25) is 0 Å². The Hall–Kier alpha value is -0.480. The van der Waals surface area contributed by atoms with Gasteiger partial charge in [-0.3, -0.25) is 0 Å². The number of rotatable bonds is 3. The number of hydrogen-bond donors (Lipinski definition) is 1. The molecule has 1 aromatic rings. The molecule has 0 aliphatic heterocycles. The second-order valence-corrected chi connectivity index (χ2v) is 3.75. The van der Waals surface area contributed by atoms with Crippen LogP contribution in [0.2, 0.25) is 0 Å². The smallest absolute Gasteiger partial charge is 0.144 e. The number of aromatic nitrogens is 1. The summed E-state index contributed by atoms with van der Waals surface area (Å²) >= 11 is 3.19. The van der Waals surface area contributed by atoms with Gasteiger partial charge in [0.25, 0.3) is 0 Å². The van der Waals surface area contributed by atoms with Crippen LogP contribution in [0, 0.1) is 5.82 Å². The predicted octanol–water partition coefficient (Wildman–Crippen LogP) is 2.26. The van der Waals surface area contributed by atoms with E-state index in [4.69, 9.17) is 5.73 Å². The third kappa shape index (κ3) is 3.04. The summed E-state index contributed by atoms with van der Waals surface area (Å²) < 4.78 is 13.8. The summed E-state index contributed by atoms with van der Waals surface area (Å²) in [5, 5.41) is 0. The topological polar surface area (TPSA) is 38.9 Å². The number of hydrogen-bond acceptors (Lipinski definition) is 2. The fourth-order valence-electron chi connectivity index (χ4n) is 0.994. The molecule has 13 heavy (non-hydrogen) atoms. The fourth-order valence-corrected chi connectivity index (χ4v) is 1.34. The maximum Gasteiger partial charge on any atom is 0.144 e. The van der Waals surface area contributed by atoms with Crippen molar-refractivity contribution in [2.45, 2.75) is 25.8 Å². The van der Waals surface area contributed by atoms with Crippen molar-refractivity contribution in [3.63, 3.8) is 0 Å². The van der Waals surface area contributed by atoms with E-state index in [1.807, 2.05) is 6.92 Å². The zero-order valence-electron chi connectivity index (χ0n) is 7.43. The van der Waals surface area contributed by atoms with Crippen LogP contribution in [0.3, 0.4) is 0 Å². The van der Waals surface area contributed by atoms with Crippen molar-refractivity contribution in [3.8, 4) is 0 Å². The fraction of sp³-hybridized carbons (Fsp3) is 0.444. The maximum absolute atomic E-state index is 13.1. The molecule has 0 spiro atoms. The van der Waals surface area contributed by atoms with Crippen LogP contribution >= 0.6 is 15.9 Å². The van der Waals surface area contributed by atoms with E-state index in [2.05, 4.69) is 20.9 Å². The molecule has 0 aliphatic carbocycles. The molecular weight excluding hydrogens is 235 g/mol. The highest BCUT2D eigenvalue weighted by atomic mass is 79.9. The van der Waals surface area contributed by atoms with Gasteiger partial charge in [-0.15, -0.1) is 0 Å². The third-order valence-electron chi connectivity index (χ3n) is 1.86. The number of halogens is 2. The molecule has 72 valence electrons. The lowest BCUT2D eigenvalue weighted by atomic mass is 10.1. The first-order valence-corrected chi connectivity index (χ1v) is 4.99. The van der Waals surface area contributed by atoms with Gasteiger partial charge in [-0.25, -0.2) is 9.37 Å². The molecule has 2 N–H and O–H groups in total. The van der Waals surface area contributed by atoms with Crippen LogP contribution < -0.4 is 5.73 Å². The summed E-state index contributed by atoms with van der Waals surface area (Å²) in [7, 11) is 0. The third-order valence-corrected chi connectivity index (χ3v) is 2.31. The molecule has 0 radical (unpaired) electrons. The van der Waals surface area contributed by atoms with E-state index in [9.17, 15) is 4.39 Å². The predicted molar refractivity (Wildman–Crippen MR) is 53.9 cm³/mol. The Bertz CT molecular complexity index is 291. The van der Waals surface area contributed by atoms with Gasteiger partial charge in [-0.2, -0.15) is 0 Å². The molecule has 0 amide bonds. The first kappa shape index (κ1) is 10.6. The summed E-state index contributed by atoms with van der Waals surface area (Å²) in [6.07, 6.45) is 1.31. The van der Waals surface area contributed by atoms with Crippen LogP contribution in [-0.4, -0.2) is 11.0 Å². The number of pyridine rings is 1. The lowest BCUT2D eigenvalue weighted by molar-refractivity contribution is 0.564. The van der Waals surface area contributed by atoms with Gasteiger partial charge in [0.1, 0.15) is 10.4 Å². The molecule has 0 saturated heterocycles. The van der Waals surface area contributed by atoms with Gasteiger partial charge in [0.05, 0.1) is 5.69 Å².